The van der Waals surface area contributed by atoms with Crippen LogP contribution in [0.3, 0.4) is 0 Å². The van der Waals surface area contributed by atoms with E-state index < -0.39 is 0 Å². The van der Waals surface area contributed by atoms with E-state index in [2.05, 4.69) is 11.9 Å². The van der Waals surface area contributed by atoms with Crippen LogP contribution < -0.4 is 0 Å². The summed E-state index contributed by atoms with van der Waals surface area (Å²) in [6, 6.07) is 5.75. The quantitative estimate of drug-likeness (QED) is 0.806. The number of benzene rings is 1. The molecule has 6 heteroatoms. The first-order chi connectivity index (χ1) is 11.5. The van der Waals surface area contributed by atoms with E-state index in [9.17, 15) is 4.79 Å². The van der Waals surface area contributed by atoms with Crippen LogP contribution in [0.15, 0.2) is 18.2 Å². The number of aryl methyl sites for hydroxylation is 1. The predicted octanol–water partition coefficient (Wildman–Crippen LogP) is 2.09. The largest absolute Gasteiger partial charge is 0.306 e. The Morgan fingerprint density at radius 1 is 1.33 bits per heavy atom. The maximum atomic E-state index is 12.3. The molecule has 1 aliphatic rings. The summed E-state index contributed by atoms with van der Waals surface area (Å²) in [7, 11) is 7.25. The lowest BCUT2D eigenvalue weighted by atomic mass is 9.91. The lowest BCUT2D eigenvalue weighted by molar-refractivity contribution is -0.0756. The minimum absolute atomic E-state index is 0.145. The maximum absolute atomic E-state index is 12.3. The van der Waals surface area contributed by atoms with E-state index in [0.717, 1.165) is 36.1 Å². The molecule has 0 unspecified atom stereocenters. The van der Waals surface area contributed by atoms with Crippen LogP contribution in [-0.2, 0) is 18.3 Å². The number of amides is 1. The molecule has 1 fully saturated rings. The van der Waals surface area contributed by atoms with Crippen molar-refractivity contribution in [3.63, 3.8) is 0 Å². The van der Waals surface area contributed by atoms with Crippen molar-refractivity contribution in [2.75, 3.05) is 34.3 Å². The molecule has 0 bridgehead atoms. The molecule has 1 amide bonds. The molecule has 0 spiro atoms. The summed E-state index contributed by atoms with van der Waals surface area (Å²) >= 11 is 0. The Morgan fingerprint density at radius 3 is 2.71 bits per heavy atom. The van der Waals surface area contributed by atoms with Gasteiger partial charge in [-0.25, -0.2) is 5.06 Å². The Bertz CT molecular complexity index is 732. The Morgan fingerprint density at radius 2 is 2.04 bits per heavy atom. The lowest BCUT2D eigenvalue weighted by Crippen LogP contribution is -2.31. The molecule has 2 heterocycles. The lowest BCUT2D eigenvalue weighted by Gasteiger charge is -2.28. The number of piperidine rings is 1. The molecule has 130 valence electrons. The van der Waals surface area contributed by atoms with Crippen molar-refractivity contribution in [2.24, 2.45) is 13.0 Å². The van der Waals surface area contributed by atoms with Gasteiger partial charge in [0.1, 0.15) is 0 Å². The van der Waals surface area contributed by atoms with Gasteiger partial charge in [0.25, 0.3) is 5.91 Å². The number of aromatic nitrogens is 2. The Hall–Kier alpha value is -1.92. The highest BCUT2D eigenvalue weighted by atomic mass is 16.7. The zero-order valence-electron chi connectivity index (χ0n) is 15.0. The zero-order valence-corrected chi connectivity index (χ0v) is 15.0. The molecule has 1 aromatic heterocycles. The number of hydroxylamine groups is 2. The molecule has 0 saturated carbocycles. The molecule has 0 atom stereocenters. The maximum Gasteiger partial charge on any atom is 0.277 e. The van der Waals surface area contributed by atoms with Gasteiger partial charge in [-0.05, 0) is 63.5 Å². The summed E-state index contributed by atoms with van der Waals surface area (Å²) in [4.78, 5) is 19.7. The van der Waals surface area contributed by atoms with Crippen LogP contribution in [0.5, 0.6) is 0 Å². The van der Waals surface area contributed by atoms with Crippen molar-refractivity contribution in [3.8, 4) is 0 Å². The van der Waals surface area contributed by atoms with E-state index >= 15 is 0 Å². The van der Waals surface area contributed by atoms with Gasteiger partial charge in [0.2, 0.25) is 0 Å². The van der Waals surface area contributed by atoms with Crippen LogP contribution in [0.1, 0.15) is 28.9 Å². The molecule has 1 aromatic carbocycles. The smallest absolute Gasteiger partial charge is 0.277 e. The second-order valence-corrected chi connectivity index (χ2v) is 6.74. The SMILES string of the molecule is CON(C)C(=O)c1ccc2c(c1)c(CC1CCN(C)CC1)nn2C. The first-order valence-corrected chi connectivity index (χ1v) is 8.46. The summed E-state index contributed by atoms with van der Waals surface area (Å²) in [5.41, 5.74) is 2.79. The number of hydrogen-bond donors (Lipinski definition) is 0. The molecule has 1 saturated heterocycles. The van der Waals surface area contributed by atoms with Gasteiger partial charge in [0, 0.05) is 25.0 Å². The van der Waals surface area contributed by atoms with Crippen LogP contribution >= 0.6 is 0 Å². The Kier molecular flexibility index (Phi) is 4.87. The summed E-state index contributed by atoms with van der Waals surface area (Å²) in [6.45, 7) is 2.30. The predicted molar refractivity (Wildman–Crippen MR) is 93.7 cm³/mol. The van der Waals surface area contributed by atoms with Crippen molar-refractivity contribution in [2.45, 2.75) is 19.3 Å². The second kappa shape index (κ2) is 6.91. The molecule has 2 aromatic rings. The van der Waals surface area contributed by atoms with Gasteiger partial charge in [-0.2, -0.15) is 5.10 Å². The third kappa shape index (κ3) is 3.30. The van der Waals surface area contributed by atoms with E-state index in [1.165, 1.54) is 25.0 Å². The van der Waals surface area contributed by atoms with Gasteiger partial charge in [-0.3, -0.25) is 14.3 Å². The zero-order chi connectivity index (χ0) is 17.3. The van der Waals surface area contributed by atoms with E-state index in [1.54, 1.807) is 7.05 Å². The van der Waals surface area contributed by atoms with E-state index in [1.807, 2.05) is 29.9 Å². The van der Waals surface area contributed by atoms with Gasteiger partial charge >= 0.3 is 0 Å². The van der Waals surface area contributed by atoms with E-state index in [4.69, 9.17) is 9.94 Å². The molecule has 0 N–H and O–H groups in total. The van der Waals surface area contributed by atoms with Crippen LogP contribution in [-0.4, -0.2) is 59.9 Å². The standard InChI is InChI=1S/C18H26N4O2/c1-20-9-7-13(8-10-20)11-16-15-12-14(18(23)22(3)24-4)5-6-17(15)21(2)19-16/h5-6,12-13H,7-11H2,1-4H3. The third-order valence-corrected chi connectivity index (χ3v) is 5.05. The van der Waals surface area contributed by atoms with Crippen LogP contribution in [0.2, 0.25) is 0 Å². The minimum atomic E-state index is -0.145. The van der Waals surface area contributed by atoms with Gasteiger partial charge in [0.05, 0.1) is 18.3 Å². The highest BCUT2D eigenvalue weighted by molar-refractivity contribution is 5.98. The molecular formula is C18H26N4O2. The Balaban J connectivity index is 1.89. The number of rotatable bonds is 4. The highest BCUT2D eigenvalue weighted by Crippen LogP contribution is 2.26. The summed E-state index contributed by atoms with van der Waals surface area (Å²) < 4.78 is 1.91. The fourth-order valence-corrected chi connectivity index (χ4v) is 3.43. The number of carbonyl (C=O) groups is 1. The fourth-order valence-electron chi connectivity index (χ4n) is 3.43. The first kappa shape index (κ1) is 16.9. The average Bonchev–Trinajstić information content (AvgIpc) is 2.91. The fraction of sp³-hybridized carbons (Fsp3) is 0.556. The Labute approximate surface area is 142 Å². The number of hydrogen-bond acceptors (Lipinski definition) is 4. The average molecular weight is 330 g/mol. The molecule has 1 aliphatic heterocycles. The molecule has 6 nitrogen and oxygen atoms in total. The normalized spacial score (nSPS) is 16.7. The van der Waals surface area contributed by atoms with E-state index in [0.29, 0.717) is 11.5 Å². The van der Waals surface area contributed by atoms with Crippen LogP contribution in [0.4, 0.5) is 0 Å². The van der Waals surface area contributed by atoms with Crippen molar-refractivity contribution >= 4 is 16.8 Å². The summed E-state index contributed by atoms with van der Waals surface area (Å²) in [5.74, 6) is 0.522. The van der Waals surface area contributed by atoms with Crippen molar-refractivity contribution in [1.82, 2.24) is 19.7 Å². The topological polar surface area (TPSA) is 50.6 Å². The van der Waals surface area contributed by atoms with Crippen molar-refractivity contribution in [3.05, 3.63) is 29.5 Å². The first-order valence-electron chi connectivity index (χ1n) is 8.46. The van der Waals surface area contributed by atoms with Gasteiger partial charge in [-0.1, -0.05) is 0 Å². The number of nitrogens with zero attached hydrogens (tertiary/aromatic N) is 4. The molecular weight excluding hydrogens is 304 g/mol. The number of carbonyl (C=O) groups excluding carboxylic acids is 1. The van der Waals surface area contributed by atoms with Crippen molar-refractivity contribution < 1.29 is 9.63 Å². The molecule has 0 aliphatic carbocycles. The monoisotopic (exact) mass is 330 g/mol. The number of fused-ring (bicyclic) bond motifs is 1. The van der Waals surface area contributed by atoms with Crippen LogP contribution in [0, 0.1) is 5.92 Å². The van der Waals surface area contributed by atoms with Gasteiger partial charge in [-0.15, -0.1) is 0 Å². The van der Waals surface area contributed by atoms with Crippen molar-refractivity contribution in [1.29, 1.82) is 0 Å². The summed E-state index contributed by atoms with van der Waals surface area (Å²) in [6.07, 6.45) is 3.39. The second-order valence-electron chi connectivity index (χ2n) is 6.74. The summed E-state index contributed by atoms with van der Waals surface area (Å²) in [5, 5.41) is 7.04. The minimum Gasteiger partial charge on any atom is -0.306 e. The molecule has 0 radical (unpaired) electrons. The molecule has 24 heavy (non-hydrogen) atoms. The van der Waals surface area contributed by atoms with E-state index in [-0.39, 0.29) is 5.91 Å². The van der Waals surface area contributed by atoms with Crippen LogP contribution in [0.25, 0.3) is 10.9 Å². The number of likely N-dealkylation sites (tertiary alicyclic amines) is 1. The molecule has 3 rings (SSSR count). The third-order valence-electron chi connectivity index (χ3n) is 5.05. The highest BCUT2D eigenvalue weighted by Gasteiger charge is 2.21. The van der Waals surface area contributed by atoms with Gasteiger partial charge in [0.15, 0.2) is 0 Å². The van der Waals surface area contributed by atoms with Gasteiger partial charge < -0.3 is 4.90 Å².